The lowest BCUT2D eigenvalue weighted by Crippen LogP contribution is -2.29. The van der Waals surface area contributed by atoms with Gasteiger partial charge in [0.05, 0.1) is 21.5 Å². The van der Waals surface area contributed by atoms with E-state index < -0.39 is 20.5 Å². The second-order valence-corrected chi connectivity index (χ2v) is 12.3. The van der Waals surface area contributed by atoms with Crippen LogP contribution in [0.3, 0.4) is 0 Å². The average molecular weight is 437 g/mol. The first-order valence-electron chi connectivity index (χ1n) is 8.74. The number of thiophene rings is 1. The molecule has 28 heavy (non-hydrogen) atoms. The van der Waals surface area contributed by atoms with Crippen molar-refractivity contribution < 1.29 is 13.2 Å². The van der Waals surface area contributed by atoms with Crippen molar-refractivity contribution in [2.24, 2.45) is 7.05 Å². The van der Waals surface area contributed by atoms with E-state index in [1.807, 2.05) is 11.7 Å². The van der Waals surface area contributed by atoms with Crippen LogP contribution < -0.4 is 5.32 Å². The molecule has 1 amide bonds. The van der Waals surface area contributed by atoms with Crippen molar-refractivity contribution in [2.45, 2.75) is 43.3 Å². The number of anilines is 1. The highest BCUT2D eigenvalue weighted by Gasteiger charge is 2.35. The molecule has 3 heterocycles. The molecule has 10 heteroatoms. The van der Waals surface area contributed by atoms with Gasteiger partial charge in [-0.3, -0.25) is 14.8 Å². The van der Waals surface area contributed by atoms with Gasteiger partial charge in [-0.25, -0.2) is 13.4 Å². The van der Waals surface area contributed by atoms with E-state index >= 15 is 0 Å². The number of nitrogens with one attached hydrogen (secondary N) is 1. The lowest BCUT2D eigenvalue weighted by molar-refractivity contribution is 0.102. The van der Waals surface area contributed by atoms with Gasteiger partial charge in [-0.05, 0) is 45.1 Å². The van der Waals surface area contributed by atoms with Gasteiger partial charge in [-0.1, -0.05) is 0 Å². The van der Waals surface area contributed by atoms with Crippen LogP contribution in [0.15, 0.2) is 22.5 Å². The van der Waals surface area contributed by atoms with Gasteiger partial charge in [0, 0.05) is 23.2 Å². The molecular formula is C18H20N4O3S3. The number of sulfone groups is 1. The third kappa shape index (κ3) is 2.99. The molecule has 0 radical (unpaired) electrons. The van der Waals surface area contributed by atoms with Crippen molar-refractivity contribution in [1.29, 1.82) is 0 Å². The molecule has 148 valence electrons. The summed E-state index contributed by atoms with van der Waals surface area (Å²) >= 11 is 2.55. The van der Waals surface area contributed by atoms with Crippen molar-refractivity contribution in [3.63, 3.8) is 0 Å². The van der Waals surface area contributed by atoms with Crippen LogP contribution in [0, 0.1) is 0 Å². The molecule has 0 fully saturated rings. The Bertz CT molecular complexity index is 1180. The summed E-state index contributed by atoms with van der Waals surface area (Å²) < 4.78 is 26.5. The van der Waals surface area contributed by atoms with Crippen LogP contribution in [0.4, 0.5) is 5.13 Å². The standard InChI is InChI=1S/C18H20N4O3S3/c1-18(2,3)28(24,25)13-7-8-26-15(13)16(23)21-17-20-14-10-9-19-22(4)11(10)5-6-12(14)27-17/h7-9H,5-6H2,1-4H3,(H,20,21,23). The average Bonchev–Trinajstić information content (AvgIpc) is 3.31. The van der Waals surface area contributed by atoms with E-state index in [1.54, 1.807) is 32.3 Å². The van der Waals surface area contributed by atoms with Crippen LogP contribution in [-0.2, 0) is 29.7 Å². The Morgan fingerprint density at radius 2 is 2.04 bits per heavy atom. The first-order valence-corrected chi connectivity index (χ1v) is 11.9. The van der Waals surface area contributed by atoms with Crippen LogP contribution in [0.2, 0.25) is 0 Å². The molecule has 0 saturated carbocycles. The van der Waals surface area contributed by atoms with Crippen LogP contribution >= 0.6 is 22.7 Å². The van der Waals surface area contributed by atoms with Crippen molar-refractivity contribution in [3.05, 3.63) is 33.1 Å². The zero-order chi connectivity index (χ0) is 20.3. The molecular weight excluding hydrogens is 416 g/mol. The van der Waals surface area contributed by atoms with E-state index in [-0.39, 0.29) is 9.77 Å². The van der Waals surface area contributed by atoms with Gasteiger partial charge in [-0.15, -0.1) is 22.7 Å². The minimum Gasteiger partial charge on any atom is -0.297 e. The minimum absolute atomic E-state index is 0.0679. The van der Waals surface area contributed by atoms with Gasteiger partial charge in [0.1, 0.15) is 4.88 Å². The number of aryl methyl sites for hydroxylation is 2. The van der Waals surface area contributed by atoms with Gasteiger partial charge in [0.15, 0.2) is 15.0 Å². The molecule has 0 unspecified atom stereocenters. The maximum atomic E-state index is 12.8. The molecule has 7 nitrogen and oxygen atoms in total. The Labute approximate surface area is 171 Å². The number of fused-ring (bicyclic) bond motifs is 3. The van der Waals surface area contributed by atoms with Crippen molar-refractivity contribution in [2.75, 3.05) is 5.32 Å². The van der Waals surface area contributed by atoms with Gasteiger partial charge in [0.25, 0.3) is 5.91 Å². The van der Waals surface area contributed by atoms with Crippen molar-refractivity contribution in [1.82, 2.24) is 14.8 Å². The second-order valence-electron chi connectivity index (χ2n) is 7.60. The maximum Gasteiger partial charge on any atom is 0.268 e. The zero-order valence-electron chi connectivity index (χ0n) is 15.9. The lowest BCUT2D eigenvalue weighted by atomic mass is 10.0. The summed E-state index contributed by atoms with van der Waals surface area (Å²) in [5.74, 6) is -0.449. The molecule has 3 aromatic rings. The largest absolute Gasteiger partial charge is 0.297 e. The number of rotatable bonds is 3. The minimum atomic E-state index is -3.62. The Kier molecular flexibility index (Phi) is 4.48. The van der Waals surface area contributed by atoms with Gasteiger partial charge < -0.3 is 0 Å². The summed E-state index contributed by atoms with van der Waals surface area (Å²) in [6, 6.07) is 1.49. The maximum absolute atomic E-state index is 12.8. The van der Waals surface area contributed by atoms with E-state index in [2.05, 4.69) is 15.4 Å². The summed E-state index contributed by atoms with van der Waals surface area (Å²) in [5, 5.41) is 9.19. The van der Waals surface area contributed by atoms with Gasteiger partial charge in [-0.2, -0.15) is 5.10 Å². The summed E-state index contributed by atoms with van der Waals surface area (Å²) in [7, 11) is -1.71. The second kappa shape index (κ2) is 6.50. The highest BCUT2D eigenvalue weighted by Crippen LogP contribution is 2.38. The number of nitrogens with zero attached hydrogens (tertiary/aromatic N) is 3. The highest BCUT2D eigenvalue weighted by molar-refractivity contribution is 7.93. The summed E-state index contributed by atoms with van der Waals surface area (Å²) in [5.41, 5.74) is 2.98. The van der Waals surface area contributed by atoms with Crippen molar-refractivity contribution in [3.8, 4) is 11.3 Å². The number of aromatic nitrogens is 3. The number of hydrogen-bond acceptors (Lipinski definition) is 7. The van der Waals surface area contributed by atoms with E-state index in [9.17, 15) is 13.2 Å². The SMILES string of the molecule is Cn1ncc2c1CCc1sc(NC(=O)c3sccc3S(=O)(=O)C(C)(C)C)nc1-2. The van der Waals surface area contributed by atoms with Gasteiger partial charge >= 0.3 is 0 Å². The highest BCUT2D eigenvalue weighted by atomic mass is 32.2. The fourth-order valence-corrected chi connectivity index (χ4v) is 6.59. The summed E-state index contributed by atoms with van der Waals surface area (Å²) in [6.45, 7) is 4.88. The number of carbonyl (C=O) groups excluding carboxylic acids is 1. The van der Waals surface area contributed by atoms with Crippen LogP contribution in [0.25, 0.3) is 11.3 Å². The number of carbonyl (C=O) groups is 1. The monoisotopic (exact) mass is 436 g/mol. The fraction of sp³-hybridized carbons (Fsp3) is 0.389. The predicted molar refractivity (Wildman–Crippen MR) is 111 cm³/mol. The molecule has 0 aromatic carbocycles. The molecule has 0 saturated heterocycles. The van der Waals surface area contributed by atoms with Crippen molar-refractivity contribution >= 4 is 43.5 Å². The number of hydrogen-bond donors (Lipinski definition) is 1. The predicted octanol–water partition coefficient (Wildman–Crippen LogP) is 3.53. The first kappa shape index (κ1) is 19.3. The molecule has 1 N–H and O–H groups in total. The third-order valence-corrected chi connectivity index (χ3v) is 9.36. The van der Waals surface area contributed by atoms with E-state index in [4.69, 9.17) is 0 Å². The molecule has 0 bridgehead atoms. The molecule has 1 aliphatic rings. The van der Waals surface area contributed by atoms with E-state index in [0.29, 0.717) is 5.13 Å². The topological polar surface area (TPSA) is 94.0 Å². The number of thiazole rings is 1. The Morgan fingerprint density at radius 1 is 1.29 bits per heavy atom. The molecule has 0 spiro atoms. The zero-order valence-corrected chi connectivity index (χ0v) is 18.4. The molecule has 0 aliphatic heterocycles. The molecule has 1 aliphatic carbocycles. The molecule has 4 rings (SSSR count). The Morgan fingerprint density at radius 3 is 2.75 bits per heavy atom. The summed E-state index contributed by atoms with van der Waals surface area (Å²) in [6.07, 6.45) is 3.53. The summed E-state index contributed by atoms with van der Waals surface area (Å²) in [4.78, 5) is 18.8. The normalized spacial score (nSPS) is 13.9. The Hall–Kier alpha value is -2.04. The lowest BCUT2D eigenvalue weighted by Gasteiger charge is -2.19. The Balaban J connectivity index is 1.64. The van der Waals surface area contributed by atoms with Crippen LogP contribution in [0.5, 0.6) is 0 Å². The molecule has 3 aromatic heterocycles. The van der Waals surface area contributed by atoms with Crippen LogP contribution in [-0.4, -0.2) is 33.8 Å². The van der Waals surface area contributed by atoms with E-state index in [0.717, 1.165) is 46.0 Å². The smallest absolute Gasteiger partial charge is 0.268 e. The van der Waals surface area contributed by atoms with Gasteiger partial charge in [0.2, 0.25) is 0 Å². The first-order chi connectivity index (χ1) is 13.1. The third-order valence-electron chi connectivity index (χ3n) is 4.75. The number of amides is 1. The van der Waals surface area contributed by atoms with Crippen LogP contribution in [0.1, 0.15) is 41.0 Å². The van der Waals surface area contributed by atoms with E-state index in [1.165, 1.54) is 17.4 Å². The fourth-order valence-electron chi connectivity index (χ4n) is 3.13. The quantitative estimate of drug-likeness (QED) is 0.678. The molecule has 0 atom stereocenters.